The Kier molecular flexibility index (Phi) is 10.6. The number of rotatable bonds is 6. The van der Waals surface area contributed by atoms with Gasteiger partial charge in [0.1, 0.15) is 12.4 Å². The molecule has 0 aliphatic carbocycles. The minimum Gasteiger partial charge on any atom is -0.491 e. The van der Waals surface area contributed by atoms with Gasteiger partial charge in [-0.3, -0.25) is 9.59 Å². The molecule has 0 unspecified atom stereocenters. The van der Waals surface area contributed by atoms with E-state index >= 15 is 0 Å². The second-order valence-corrected chi connectivity index (χ2v) is 8.99. The largest absolute Gasteiger partial charge is 0.491 e. The van der Waals surface area contributed by atoms with Crippen molar-refractivity contribution in [3.63, 3.8) is 0 Å². The molecule has 1 aromatic carbocycles. The number of amides is 4. The molecule has 34 heavy (non-hydrogen) atoms. The molecule has 1 aromatic rings. The van der Waals surface area contributed by atoms with Gasteiger partial charge in [0.2, 0.25) is 5.91 Å². The molecule has 2 N–H and O–H groups in total. The monoisotopic (exact) mass is 476 g/mol. The summed E-state index contributed by atoms with van der Waals surface area (Å²) in [4.78, 5) is 41.6. The van der Waals surface area contributed by atoms with Crippen LogP contribution in [0.4, 0.5) is 10.5 Å². The maximum atomic E-state index is 13.3. The van der Waals surface area contributed by atoms with E-state index in [1.165, 1.54) is 0 Å². The SMILES string of the molecule is CCCNC(=O)N1C[C@@H](C)[C@H](OC)CN(C)C(=O)c2ccc(NC(=O)CCC)cc2OC[C@H]1C. The van der Waals surface area contributed by atoms with Gasteiger partial charge in [-0.2, -0.15) is 0 Å². The molecule has 1 aliphatic heterocycles. The number of nitrogens with one attached hydrogen (secondary N) is 2. The number of hydrogen-bond donors (Lipinski definition) is 2. The number of methoxy groups -OCH3 is 1. The predicted molar refractivity (Wildman–Crippen MR) is 132 cm³/mol. The number of urea groups is 1. The highest BCUT2D eigenvalue weighted by molar-refractivity contribution is 5.98. The van der Waals surface area contributed by atoms with Crippen molar-refractivity contribution in [2.24, 2.45) is 5.92 Å². The lowest BCUT2D eigenvalue weighted by Crippen LogP contribution is -2.51. The standard InChI is InChI=1S/C25H40N4O5/c1-7-9-23(30)27-19-10-11-20-21(13-19)34-16-18(4)29(25(32)26-12-8-2)14-17(3)22(33-6)15-28(5)24(20)31/h10-11,13,17-18,22H,7-9,12,14-16H2,1-6H3,(H,26,32)(H,27,30)/t17-,18-,22-/m1/s1. The number of ether oxygens (including phenoxy) is 2. The average Bonchev–Trinajstić information content (AvgIpc) is 2.81. The molecule has 3 atom stereocenters. The van der Waals surface area contributed by atoms with E-state index in [4.69, 9.17) is 9.47 Å². The molecule has 2 rings (SSSR count). The summed E-state index contributed by atoms with van der Waals surface area (Å²) in [6.07, 6.45) is 1.74. The van der Waals surface area contributed by atoms with Crippen LogP contribution in [0.1, 0.15) is 57.3 Å². The fourth-order valence-electron chi connectivity index (χ4n) is 3.92. The Bertz CT molecular complexity index is 847. The van der Waals surface area contributed by atoms with Gasteiger partial charge >= 0.3 is 6.03 Å². The van der Waals surface area contributed by atoms with E-state index in [-0.39, 0.29) is 42.5 Å². The molecule has 0 bridgehead atoms. The Labute approximate surface area is 203 Å². The Hall–Kier alpha value is -2.81. The van der Waals surface area contributed by atoms with Gasteiger partial charge in [0.15, 0.2) is 0 Å². The highest BCUT2D eigenvalue weighted by Gasteiger charge is 2.30. The Morgan fingerprint density at radius 1 is 1.18 bits per heavy atom. The average molecular weight is 477 g/mol. The van der Waals surface area contributed by atoms with E-state index in [0.29, 0.717) is 43.1 Å². The number of likely N-dealkylation sites (N-methyl/N-ethyl adjacent to an activating group) is 1. The topological polar surface area (TPSA) is 100 Å². The molecule has 1 aliphatic rings. The van der Waals surface area contributed by atoms with Crippen LogP contribution >= 0.6 is 0 Å². The van der Waals surface area contributed by atoms with Gasteiger partial charge in [-0.25, -0.2) is 4.79 Å². The highest BCUT2D eigenvalue weighted by atomic mass is 16.5. The maximum absolute atomic E-state index is 13.3. The lowest BCUT2D eigenvalue weighted by molar-refractivity contribution is -0.116. The highest BCUT2D eigenvalue weighted by Crippen LogP contribution is 2.27. The summed E-state index contributed by atoms with van der Waals surface area (Å²) >= 11 is 0. The van der Waals surface area contributed by atoms with Gasteiger partial charge in [0, 0.05) is 57.9 Å². The van der Waals surface area contributed by atoms with Crippen LogP contribution < -0.4 is 15.4 Å². The minimum atomic E-state index is -0.254. The summed E-state index contributed by atoms with van der Waals surface area (Å²) in [6.45, 7) is 9.50. The molecule has 0 fully saturated rings. The number of anilines is 1. The molecule has 0 saturated heterocycles. The zero-order chi connectivity index (χ0) is 25.3. The van der Waals surface area contributed by atoms with E-state index in [0.717, 1.165) is 12.8 Å². The molecular formula is C25H40N4O5. The molecular weight excluding hydrogens is 436 g/mol. The number of carbonyl (C=O) groups is 3. The first-order valence-electron chi connectivity index (χ1n) is 12.1. The molecule has 0 saturated carbocycles. The summed E-state index contributed by atoms with van der Waals surface area (Å²) < 4.78 is 11.8. The first-order valence-corrected chi connectivity index (χ1v) is 12.1. The molecule has 190 valence electrons. The van der Waals surface area contributed by atoms with Crippen molar-refractivity contribution >= 4 is 23.5 Å². The third kappa shape index (κ3) is 7.35. The van der Waals surface area contributed by atoms with Crippen LogP contribution in [-0.2, 0) is 9.53 Å². The van der Waals surface area contributed by atoms with Crippen molar-refractivity contribution in [2.75, 3.05) is 45.7 Å². The Morgan fingerprint density at radius 2 is 1.91 bits per heavy atom. The van der Waals surface area contributed by atoms with Crippen molar-refractivity contribution < 1.29 is 23.9 Å². The fourth-order valence-corrected chi connectivity index (χ4v) is 3.92. The lowest BCUT2D eigenvalue weighted by atomic mass is 10.0. The second-order valence-electron chi connectivity index (χ2n) is 8.99. The van der Waals surface area contributed by atoms with Crippen molar-refractivity contribution in [1.82, 2.24) is 15.1 Å². The Balaban J connectivity index is 2.40. The second kappa shape index (κ2) is 13.2. The number of carbonyl (C=O) groups excluding carboxylic acids is 3. The van der Waals surface area contributed by atoms with E-state index in [2.05, 4.69) is 10.6 Å². The molecule has 9 heteroatoms. The van der Waals surface area contributed by atoms with E-state index in [9.17, 15) is 14.4 Å². The smallest absolute Gasteiger partial charge is 0.317 e. The summed E-state index contributed by atoms with van der Waals surface area (Å²) in [7, 11) is 3.35. The molecule has 0 radical (unpaired) electrons. The number of fused-ring (bicyclic) bond motifs is 1. The lowest BCUT2D eigenvalue weighted by Gasteiger charge is -2.36. The quantitative estimate of drug-likeness (QED) is 0.656. The first kappa shape index (κ1) is 27.4. The van der Waals surface area contributed by atoms with Crippen molar-refractivity contribution in [3.8, 4) is 5.75 Å². The van der Waals surface area contributed by atoms with E-state index < -0.39 is 0 Å². The van der Waals surface area contributed by atoms with Crippen LogP contribution in [0.25, 0.3) is 0 Å². The molecule has 4 amide bonds. The van der Waals surface area contributed by atoms with Gasteiger partial charge in [-0.05, 0) is 31.9 Å². The van der Waals surface area contributed by atoms with Crippen LogP contribution in [0.5, 0.6) is 5.75 Å². The van der Waals surface area contributed by atoms with Crippen molar-refractivity contribution in [2.45, 2.75) is 59.1 Å². The molecule has 9 nitrogen and oxygen atoms in total. The van der Waals surface area contributed by atoms with Gasteiger partial charge in [0.05, 0.1) is 17.7 Å². The van der Waals surface area contributed by atoms with Gasteiger partial charge in [-0.1, -0.05) is 20.8 Å². The van der Waals surface area contributed by atoms with Crippen molar-refractivity contribution in [1.29, 1.82) is 0 Å². The summed E-state index contributed by atoms with van der Waals surface area (Å²) in [6, 6.07) is 4.64. The van der Waals surface area contributed by atoms with Crippen LogP contribution in [0, 0.1) is 5.92 Å². The molecule has 1 heterocycles. The summed E-state index contributed by atoms with van der Waals surface area (Å²) in [5.74, 6) is 0.0733. The number of benzene rings is 1. The zero-order valence-corrected chi connectivity index (χ0v) is 21.3. The fraction of sp³-hybridized carbons (Fsp3) is 0.640. The number of hydrogen-bond acceptors (Lipinski definition) is 5. The van der Waals surface area contributed by atoms with E-state index in [1.54, 1.807) is 42.2 Å². The first-order chi connectivity index (χ1) is 16.2. The van der Waals surface area contributed by atoms with Crippen molar-refractivity contribution in [3.05, 3.63) is 23.8 Å². The molecule has 0 aromatic heterocycles. The van der Waals surface area contributed by atoms with Gasteiger partial charge < -0.3 is 29.9 Å². The minimum absolute atomic E-state index is 0.00914. The third-order valence-corrected chi connectivity index (χ3v) is 5.99. The van der Waals surface area contributed by atoms with Gasteiger partial charge in [-0.15, -0.1) is 0 Å². The van der Waals surface area contributed by atoms with Gasteiger partial charge in [0.25, 0.3) is 5.91 Å². The summed E-state index contributed by atoms with van der Waals surface area (Å²) in [5, 5.41) is 5.80. The van der Waals surface area contributed by atoms with Crippen LogP contribution in [0.15, 0.2) is 18.2 Å². The normalized spacial score (nSPS) is 21.6. The maximum Gasteiger partial charge on any atom is 0.317 e. The van der Waals surface area contributed by atoms with E-state index in [1.807, 2.05) is 27.7 Å². The zero-order valence-electron chi connectivity index (χ0n) is 21.3. The predicted octanol–water partition coefficient (Wildman–Crippen LogP) is 3.35. The third-order valence-electron chi connectivity index (χ3n) is 5.99. The number of nitrogens with zero attached hydrogens (tertiary/aromatic N) is 2. The van der Waals surface area contributed by atoms with Crippen LogP contribution in [-0.4, -0.2) is 80.2 Å². The van der Waals surface area contributed by atoms with Crippen LogP contribution in [0.2, 0.25) is 0 Å². The summed E-state index contributed by atoms with van der Waals surface area (Å²) in [5.41, 5.74) is 0.960. The Morgan fingerprint density at radius 3 is 2.56 bits per heavy atom. The molecule has 0 spiro atoms. The van der Waals surface area contributed by atoms with Crippen LogP contribution in [0.3, 0.4) is 0 Å².